The van der Waals surface area contributed by atoms with Crippen molar-refractivity contribution in [1.29, 1.82) is 0 Å². The van der Waals surface area contributed by atoms with Gasteiger partial charge in [0.2, 0.25) is 0 Å². The summed E-state index contributed by atoms with van der Waals surface area (Å²) in [5.41, 5.74) is 0.888. The highest BCUT2D eigenvalue weighted by molar-refractivity contribution is 5.92. The minimum absolute atomic E-state index is 0.0314. The molecule has 5 atom stereocenters. The largest absolute Gasteiger partial charge is 0.458 e. The summed E-state index contributed by atoms with van der Waals surface area (Å²) in [6.07, 6.45) is 3.85. The summed E-state index contributed by atoms with van der Waals surface area (Å²) in [4.78, 5) is 24.6. The molecule has 2 aliphatic heterocycles. The molecule has 0 aromatic carbocycles. The van der Waals surface area contributed by atoms with E-state index in [0.29, 0.717) is 6.42 Å². The van der Waals surface area contributed by atoms with Crippen molar-refractivity contribution in [1.82, 2.24) is 0 Å². The molecule has 148 valence electrons. The minimum Gasteiger partial charge on any atom is -0.458 e. The quantitative estimate of drug-likeness (QED) is 0.328. The molecule has 2 saturated heterocycles. The first-order valence-corrected chi connectivity index (χ1v) is 9.15. The summed E-state index contributed by atoms with van der Waals surface area (Å²) < 4.78 is 17.1. The van der Waals surface area contributed by atoms with Crippen LogP contribution in [0, 0.1) is 5.92 Å². The third kappa shape index (κ3) is 3.85. The lowest BCUT2D eigenvalue weighted by Gasteiger charge is -2.28. The normalized spacial score (nSPS) is 38.2. The van der Waals surface area contributed by atoms with E-state index in [1.54, 1.807) is 0 Å². The van der Waals surface area contributed by atoms with Gasteiger partial charge >= 0.3 is 11.9 Å². The van der Waals surface area contributed by atoms with Crippen molar-refractivity contribution in [3.05, 3.63) is 35.5 Å². The van der Waals surface area contributed by atoms with Crippen LogP contribution in [0.4, 0.5) is 0 Å². The molecule has 0 unspecified atom stereocenters. The van der Waals surface area contributed by atoms with Gasteiger partial charge in [-0.05, 0) is 32.8 Å². The van der Waals surface area contributed by atoms with Crippen LogP contribution in [0.15, 0.2) is 35.5 Å². The lowest BCUT2D eigenvalue weighted by Crippen LogP contribution is -2.38. The summed E-state index contributed by atoms with van der Waals surface area (Å²) in [5.74, 6) is -1.76. The molecule has 2 fully saturated rings. The minimum atomic E-state index is -0.730. The van der Waals surface area contributed by atoms with Gasteiger partial charge in [-0.3, -0.25) is 0 Å². The molecule has 7 heteroatoms. The Morgan fingerprint density at radius 1 is 1.48 bits per heavy atom. The Labute approximate surface area is 158 Å². The van der Waals surface area contributed by atoms with E-state index in [0.717, 1.165) is 18.4 Å². The van der Waals surface area contributed by atoms with Gasteiger partial charge < -0.3 is 24.4 Å². The fourth-order valence-electron chi connectivity index (χ4n) is 3.95. The summed E-state index contributed by atoms with van der Waals surface area (Å²) in [7, 11) is 0. The molecule has 3 aliphatic rings. The van der Waals surface area contributed by atoms with Crippen molar-refractivity contribution in [3.63, 3.8) is 0 Å². The topological polar surface area (TPSA) is 106 Å². The zero-order valence-electron chi connectivity index (χ0n) is 15.6. The van der Waals surface area contributed by atoms with Crippen LogP contribution in [0.3, 0.4) is 0 Å². The van der Waals surface area contributed by atoms with Gasteiger partial charge in [0.15, 0.2) is 0 Å². The molecule has 7 nitrogen and oxygen atoms in total. The summed E-state index contributed by atoms with van der Waals surface area (Å²) in [5, 5.41) is 18.4. The number of aliphatic hydroxyl groups is 2. The van der Waals surface area contributed by atoms with Gasteiger partial charge in [0.05, 0.1) is 30.3 Å². The van der Waals surface area contributed by atoms with Gasteiger partial charge in [0.1, 0.15) is 18.3 Å². The van der Waals surface area contributed by atoms with E-state index in [-0.39, 0.29) is 29.5 Å². The second-order valence-corrected chi connectivity index (χ2v) is 7.58. The van der Waals surface area contributed by atoms with Crippen LogP contribution in [0.2, 0.25) is 0 Å². The van der Waals surface area contributed by atoms with Crippen LogP contribution < -0.4 is 0 Å². The van der Waals surface area contributed by atoms with Crippen LogP contribution in [0.25, 0.3) is 0 Å². The predicted molar refractivity (Wildman–Crippen MR) is 95.5 cm³/mol. The van der Waals surface area contributed by atoms with Crippen molar-refractivity contribution in [2.45, 2.75) is 57.0 Å². The predicted octanol–water partition coefficient (Wildman–Crippen LogP) is 1.19. The average Bonchev–Trinajstić information content (AvgIpc) is 3.19. The number of carbonyl (C=O) groups is 2. The molecule has 0 aromatic rings. The molecule has 0 radical (unpaired) electrons. The number of allylic oxidation sites excluding steroid dienone is 1. The maximum absolute atomic E-state index is 12.5. The molecule has 0 saturated carbocycles. The number of hydrogen-bond donors (Lipinski definition) is 2. The van der Waals surface area contributed by atoms with Gasteiger partial charge in [-0.15, -0.1) is 0 Å². The number of epoxide rings is 1. The third-order valence-electron chi connectivity index (χ3n) is 5.59. The van der Waals surface area contributed by atoms with Crippen molar-refractivity contribution >= 4 is 11.9 Å². The summed E-state index contributed by atoms with van der Waals surface area (Å²) in [6, 6.07) is 0. The van der Waals surface area contributed by atoms with Gasteiger partial charge in [-0.2, -0.15) is 0 Å². The van der Waals surface area contributed by atoms with Crippen molar-refractivity contribution in [2.75, 3.05) is 13.2 Å². The number of hydrogen-bond acceptors (Lipinski definition) is 7. The van der Waals surface area contributed by atoms with Gasteiger partial charge in [-0.1, -0.05) is 18.2 Å². The van der Waals surface area contributed by atoms with E-state index in [4.69, 9.17) is 19.3 Å². The van der Waals surface area contributed by atoms with Crippen LogP contribution in [-0.2, 0) is 23.8 Å². The Bertz CT molecular complexity index is 707. The van der Waals surface area contributed by atoms with Crippen LogP contribution >= 0.6 is 0 Å². The van der Waals surface area contributed by atoms with E-state index in [1.165, 1.54) is 6.08 Å². The fraction of sp³-hybridized carbons (Fsp3) is 0.600. The number of rotatable bonds is 4. The van der Waals surface area contributed by atoms with Crippen LogP contribution in [0.5, 0.6) is 0 Å². The second-order valence-electron chi connectivity index (χ2n) is 7.58. The Kier molecular flexibility index (Phi) is 5.55. The molecule has 0 spiro atoms. The third-order valence-corrected chi connectivity index (χ3v) is 5.59. The van der Waals surface area contributed by atoms with Gasteiger partial charge in [0, 0.05) is 12.0 Å². The lowest BCUT2D eigenvalue weighted by atomic mass is 9.82. The zero-order chi connectivity index (χ0) is 19.8. The van der Waals surface area contributed by atoms with E-state index in [1.807, 2.05) is 13.8 Å². The standard InChI is InChI=1S/C20H26O7/c1-11-5-4-7-20(3)17(27-20)16-15(12(2)18(23)26-16)14(9-11)25-19(24)13(10-22)6-8-21/h5-6,14-17,21-22H,2,4,7-10H2,1,3H3/b11-5+,13-6+/t14-,15-,16+,17+,20+/m1/s1. The van der Waals surface area contributed by atoms with Crippen molar-refractivity contribution in [3.8, 4) is 0 Å². The Hall–Kier alpha value is -1.96. The number of aliphatic hydroxyl groups excluding tert-OH is 2. The molecule has 2 N–H and O–H groups in total. The molecular formula is C20H26O7. The number of esters is 2. The Morgan fingerprint density at radius 3 is 2.89 bits per heavy atom. The maximum atomic E-state index is 12.5. The molecule has 1 aliphatic carbocycles. The van der Waals surface area contributed by atoms with Gasteiger partial charge in [-0.25, -0.2) is 9.59 Å². The summed E-state index contributed by atoms with van der Waals surface area (Å²) in [6.45, 7) is 6.86. The molecule has 0 bridgehead atoms. The van der Waals surface area contributed by atoms with Crippen molar-refractivity contribution in [2.24, 2.45) is 5.92 Å². The molecule has 2 heterocycles. The smallest absolute Gasteiger partial charge is 0.336 e. The fourth-order valence-corrected chi connectivity index (χ4v) is 3.95. The molecule has 0 aromatic heterocycles. The number of carbonyl (C=O) groups excluding carboxylic acids is 2. The molecule has 0 amide bonds. The Balaban J connectivity index is 1.92. The maximum Gasteiger partial charge on any atom is 0.336 e. The molecular weight excluding hydrogens is 352 g/mol. The Morgan fingerprint density at radius 2 is 2.22 bits per heavy atom. The monoisotopic (exact) mass is 378 g/mol. The van der Waals surface area contributed by atoms with E-state index >= 15 is 0 Å². The number of fused-ring (bicyclic) bond motifs is 3. The van der Waals surface area contributed by atoms with Crippen LogP contribution in [0.1, 0.15) is 33.1 Å². The summed E-state index contributed by atoms with van der Waals surface area (Å²) >= 11 is 0. The highest BCUT2D eigenvalue weighted by atomic mass is 16.6. The highest BCUT2D eigenvalue weighted by Gasteiger charge is 2.63. The lowest BCUT2D eigenvalue weighted by molar-refractivity contribution is -0.149. The van der Waals surface area contributed by atoms with E-state index in [2.05, 4.69) is 12.7 Å². The average molecular weight is 378 g/mol. The first kappa shape index (κ1) is 19.8. The zero-order valence-corrected chi connectivity index (χ0v) is 15.6. The first-order chi connectivity index (χ1) is 12.8. The second kappa shape index (κ2) is 7.58. The highest BCUT2D eigenvalue weighted by Crippen LogP contribution is 2.50. The van der Waals surface area contributed by atoms with E-state index in [9.17, 15) is 14.7 Å². The molecule has 27 heavy (non-hydrogen) atoms. The van der Waals surface area contributed by atoms with Crippen molar-refractivity contribution < 1.29 is 34.0 Å². The number of ether oxygens (including phenoxy) is 3. The molecule has 3 rings (SSSR count). The van der Waals surface area contributed by atoms with Gasteiger partial charge in [0.25, 0.3) is 0 Å². The SMILES string of the molecule is C=C1C(=O)O[C@H]2[C@H]1[C@H](OC(=O)/C(=C/CO)CO)C/C(C)=C/CC[C@]1(C)O[C@@H]21. The van der Waals surface area contributed by atoms with Crippen LogP contribution in [-0.4, -0.2) is 59.3 Å². The van der Waals surface area contributed by atoms with E-state index < -0.39 is 36.7 Å². The first-order valence-electron chi connectivity index (χ1n) is 9.15.